The normalized spacial score (nSPS) is 17.9. The van der Waals surface area contributed by atoms with Gasteiger partial charge < -0.3 is 19.7 Å². The average molecular weight is 486 g/mol. The summed E-state index contributed by atoms with van der Waals surface area (Å²) in [4.78, 5) is 30.6. The fourth-order valence-corrected chi connectivity index (χ4v) is 5.27. The molecule has 2 amide bonds. The van der Waals surface area contributed by atoms with Crippen molar-refractivity contribution in [2.45, 2.75) is 31.7 Å². The van der Waals surface area contributed by atoms with Crippen LogP contribution in [-0.4, -0.2) is 68.1 Å². The van der Waals surface area contributed by atoms with Crippen LogP contribution in [0.5, 0.6) is 11.5 Å². The molecule has 2 aliphatic rings. The van der Waals surface area contributed by atoms with Crippen LogP contribution in [0.25, 0.3) is 0 Å². The summed E-state index contributed by atoms with van der Waals surface area (Å²) in [5, 5.41) is 3.56. The van der Waals surface area contributed by atoms with E-state index < -0.39 is 0 Å². The number of hydrogen-bond donors (Lipinski definition) is 1. The third-order valence-electron chi connectivity index (χ3n) is 6.83. The molecule has 1 atom stereocenters. The van der Waals surface area contributed by atoms with E-state index >= 15 is 0 Å². The number of benzene rings is 2. The van der Waals surface area contributed by atoms with Crippen molar-refractivity contribution in [3.8, 4) is 11.5 Å². The lowest BCUT2D eigenvalue weighted by molar-refractivity contribution is -0.123. The van der Waals surface area contributed by atoms with Crippen molar-refractivity contribution in [3.63, 3.8) is 0 Å². The van der Waals surface area contributed by atoms with Crippen molar-refractivity contribution in [3.05, 3.63) is 53.1 Å². The molecular weight excluding hydrogens is 454 g/mol. The Morgan fingerprint density at radius 1 is 0.971 bits per heavy atom. The number of piperazine rings is 1. The van der Waals surface area contributed by atoms with Gasteiger partial charge in [-0.3, -0.25) is 14.5 Å². The van der Waals surface area contributed by atoms with Crippen molar-refractivity contribution in [2.24, 2.45) is 5.92 Å². The summed E-state index contributed by atoms with van der Waals surface area (Å²) in [6, 6.07) is 12.3. The predicted molar refractivity (Wildman–Crippen MR) is 133 cm³/mol. The minimum atomic E-state index is -0.239. The molecule has 0 unspecified atom stereocenters. The van der Waals surface area contributed by atoms with E-state index in [4.69, 9.17) is 21.1 Å². The van der Waals surface area contributed by atoms with Crippen molar-refractivity contribution in [1.29, 1.82) is 0 Å². The molecule has 0 radical (unpaired) electrons. The molecule has 1 aliphatic heterocycles. The number of amides is 2. The Morgan fingerprint density at radius 2 is 1.59 bits per heavy atom. The first kappa shape index (κ1) is 24.4. The molecule has 1 aliphatic carbocycles. The van der Waals surface area contributed by atoms with E-state index in [-0.39, 0.29) is 17.9 Å². The van der Waals surface area contributed by atoms with E-state index in [1.807, 2.05) is 17.0 Å². The summed E-state index contributed by atoms with van der Waals surface area (Å²) in [7, 11) is 3.18. The van der Waals surface area contributed by atoms with Crippen molar-refractivity contribution >= 4 is 29.1 Å². The number of ether oxygens (including phenoxy) is 2. The number of anilines is 1. The minimum Gasteiger partial charge on any atom is -0.497 e. The maximum absolute atomic E-state index is 13.5. The zero-order chi connectivity index (χ0) is 24.1. The fourth-order valence-electron chi connectivity index (χ4n) is 5.06. The van der Waals surface area contributed by atoms with Gasteiger partial charge in [0.05, 0.1) is 30.8 Å². The zero-order valence-electron chi connectivity index (χ0n) is 19.8. The number of halogens is 1. The monoisotopic (exact) mass is 485 g/mol. The highest BCUT2D eigenvalue weighted by Crippen LogP contribution is 2.33. The lowest BCUT2D eigenvalue weighted by atomic mass is 9.94. The van der Waals surface area contributed by atoms with Gasteiger partial charge in [0.2, 0.25) is 5.91 Å². The summed E-state index contributed by atoms with van der Waals surface area (Å²) in [5.41, 5.74) is 1.17. The van der Waals surface area contributed by atoms with Crippen LogP contribution in [0.1, 0.15) is 36.0 Å². The summed E-state index contributed by atoms with van der Waals surface area (Å²) in [6.07, 6.45) is 4.37. The smallest absolute Gasteiger partial charge is 0.255 e. The Kier molecular flexibility index (Phi) is 7.95. The molecule has 8 heteroatoms. The van der Waals surface area contributed by atoms with Gasteiger partial charge in [0, 0.05) is 50.1 Å². The van der Waals surface area contributed by atoms with Crippen LogP contribution in [0.4, 0.5) is 5.69 Å². The van der Waals surface area contributed by atoms with Crippen molar-refractivity contribution < 1.29 is 19.1 Å². The fraction of sp³-hybridized carbons (Fsp3) is 0.462. The van der Waals surface area contributed by atoms with Crippen molar-refractivity contribution in [1.82, 2.24) is 9.80 Å². The molecule has 7 nitrogen and oxygen atoms in total. The van der Waals surface area contributed by atoms with Gasteiger partial charge >= 0.3 is 0 Å². The maximum atomic E-state index is 13.5. The molecule has 0 spiro atoms. The predicted octanol–water partition coefficient (Wildman–Crippen LogP) is 4.31. The summed E-state index contributed by atoms with van der Waals surface area (Å²) < 4.78 is 10.7. The lowest BCUT2D eigenvalue weighted by Crippen LogP contribution is -2.57. The van der Waals surface area contributed by atoms with Crippen LogP contribution in [-0.2, 0) is 4.79 Å². The molecule has 1 heterocycles. The van der Waals surface area contributed by atoms with Crippen LogP contribution < -0.4 is 14.8 Å². The Hall–Kier alpha value is -2.77. The van der Waals surface area contributed by atoms with Crippen LogP contribution in [0.2, 0.25) is 5.02 Å². The first-order chi connectivity index (χ1) is 16.5. The van der Waals surface area contributed by atoms with Crippen LogP contribution in [0.15, 0.2) is 42.5 Å². The number of carbonyl (C=O) groups excluding carboxylic acids is 2. The highest BCUT2D eigenvalue weighted by molar-refractivity contribution is 6.33. The maximum Gasteiger partial charge on any atom is 0.255 e. The molecule has 0 aromatic heterocycles. The molecule has 2 aromatic carbocycles. The van der Waals surface area contributed by atoms with Gasteiger partial charge in [-0.25, -0.2) is 0 Å². The standard InChI is InChI=1S/C26H32ClN3O4/c1-33-20-15-19(16-21(17-20)34-2)28-25(31)24(18-7-3-4-8-18)29-11-13-30(14-12-29)26(32)22-9-5-6-10-23(22)27/h5-6,9-10,15-18,24H,3-4,7-8,11-14H2,1-2H3,(H,28,31)/t24-/m1/s1. The number of rotatable bonds is 7. The number of nitrogens with one attached hydrogen (secondary N) is 1. The SMILES string of the molecule is COc1cc(NC(=O)[C@@H](C2CCCC2)N2CCN(C(=O)c3ccccc3Cl)CC2)cc(OC)c1. The number of methoxy groups -OCH3 is 2. The van der Waals surface area contributed by atoms with Gasteiger partial charge in [-0.15, -0.1) is 0 Å². The molecule has 1 N–H and O–H groups in total. The van der Waals surface area contributed by atoms with E-state index in [0.29, 0.717) is 59.9 Å². The van der Waals surface area contributed by atoms with Crippen LogP contribution in [0.3, 0.4) is 0 Å². The summed E-state index contributed by atoms with van der Waals surface area (Å²) >= 11 is 6.24. The highest BCUT2D eigenvalue weighted by atomic mass is 35.5. The van der Waals surface area contributed by atoms with Gasteiger partial charge in [-0.1, -0.05) is 36.6 Å². The van der Waals surface area contributed by atoms with E-state index in [9.17, 15) is 9.59 Å². The third kappa shape index (κ3) is 5.47. The van der Waals surface area contributed by atoms with Gasteiger partial charge in [0.1, 0.15) is 11.5 Å². The second-order valence-electron chi connectivity index (χ2n) is 8.89. The number of carbonyl (C=O) groups is 2. The lowest BCUT2D eigenvalue weighted by Gasteiger charge is -2.40. The molecule has 2 aromatic rings. The van der Waals surface area contributed by atoms with Crippen LogP contribution >= 0.6 is 11.6 Å². The molecular formula is C26H32ClN3O4. The van der Waals surface area contributed by atoms with E-state index in [2.05, 4.69) is 10.2 Å². The molecule has 0 bridgehead atoms. The average Bonchev–Trinajstić information content (AvgIpc) is 3.38. The molecule has 182 valence electrons. The largest absolute Gasteiger partial charge is 0.497 e. The molecule has 1 saturated carbocycles. The Morgan fingerprint density at radius 3 is 2.18 bits per heavy atom. The van der Waals surface area contributed by atoms with E-state index in [1.165, 1.54) is 0 Å². The summed E-state index contributed by atoms with van der Waals surface area (Å²) in [5.74, 6) is 1.47. The highest BCUT2D eigenvalue weighted by Gasteiger charge is 2.37. The molecule has 2 fully saturated rings. The quantitative estimate of drug-likeness (QED) is 0.632. The van der Waals surface area contributed by atoms with E-state index in [0.717, 1.165) is 25.7 Å². The topological polar surface area (TPSA) is 71.1 Å². The Bertz CT molecular complexity index is 995. The van der Waals surface area contributed by atoms with Gasteiger partial charge in [0.25, 0.3) is 5.91 Å². The Labute approximate surface area is 206 Å². The molecule has 34 heavy (non-hydrogen) atoms. The number of nitrogens with zero attached hydrogens (tertiary/aromatic N) is 2. The first-order valence-corrected chi connectivity index (χ1v) is 12.2. The van der Waals surface area contributed by atoms with Gasteiger partial charge in [0.15, 0.2) is 0 Å². The third-order valence-corrected chi connectivity index (χ3v) is 7.16. The zero-order valence-corrected chi connectivity index (χ0v) is 20.5. The van der Waals surface area contributed by atoms with Gasteiger partial charge in [-0.2, -0.15) is 0 Å². The van der Waals surface area contributed by atoms with Gasteiger partial charge in [-0.05, 0) is 30.9 Å². The molecule has 4 rings (SSSR count). The van der Waals surface area contributed by atoms with E-state index in [1.54, 1.807) is 44.6 Å². The second-order valence-corrected chi connectivity index (χ2v) is 9.30. The number of hydrogen-bond acceptors (Lipinski definition) is 5. The van der Waals surface area contributed by atoms with Crippen LogP contribution in [0, 0.1) is 5.92 Å². The van der Waals surface area contributed by atoms with Crippen molar-refractivity contribution in [2.75, 3.05) is 45.7 Å². The summed E-state index contributed by atoms with van der Waals surface area (Å²) in [6.45, 7) is 2.42. The minimum absolute atomic E-state index is 0.0203. The first-order valence-electron chi connectivity index (χ1n) is 11.8. The Balaban J connectivity index is 1.46. The second kappa shape index (κ2) is 11.1. The molecule has 1 saturated heterocycles.